The third-order valence-corrected chi connectivity index (χ3v) is 3.24. The highest BCUT2D eigenvalue weighted by Gasteiger charge is 2.12. The van der Waals surface area contributed by atoms with Crippen LogP contribution < -0.4 is 20.5 Å². The van der Waals surface area contributed by atoms with Gasteiger partial charge in [0.2, 0.25) is 0 Å². The van der Waals surface area contributed by atoms with Crippen LogP contribution in [0, 0.1) is 5.82 Å². The Bertz CT molecular complexity index is 587. The monoisotopic (exact) mass is 290 g/mol. The van der Waals surface area contributed by atoms with Crippen molar-refractivity contribution in [2.24, 2.45) is 5.73 Å². The van der Waals surface area contributed by atoms with Crippen molar-refractivity contribution < 1.29 is 13.9 Å². The molecule has 1 unspecified atom stereocenters. The summed E-state index contributed by atoms with van der Waals surface area (Å²) < 4.78 is 23.8. The fourth-order valence-corrected chi connectivity index (χ4v) is 2.07. The van der Waals surface area contributed by atoms with E-state index in [1.54, 1.807) is 19.2 Å². The lowest BCUT2D eigenvalue weighted by atomic mass is 10.1. The van der Waals surface area contributed by atoms with Gasteiger partial charge in [0.15, 0.2) is 11.6 Å². The molecular weight excluding hydrogens is 271 g/mol. The minimum absolute atomic E-state index is 0.182. The molecule has 2 aromatic rings. The molecule has 0 saturated heterocycles. The number of anilines is 1. The van der Waals surface area contributed by atoms with Gasteiger partial charge in [-0.25, -0.2) is 4.39 Å². The van der Waals surface area contributed by atoms with E-state index in [-0.39, 0.29) is 11.8 Å². The normalized spacial score (nSPS) is 11.8. The Morgan fingerprint density at radius 1 is 1.10 bits per heavy atom. The predicted molar refractivity (Wildman–Crippen MR) is 81.4 cm³/mol. The molecule has 5 heteroatoms. The van der Waals surface area contributed by atoms with Crippen LogP contribution in [0.15, 0.2) is 42.5 Å². The van der Waals surface area contributed by atoms with E-state index in [0.717, 1.165) is 17.0 Å². The van der Waals surface area contributed by atoms with Crippen molar-refractivity contribution in [3.63, 3.8) is 0 Å². The minimum Gasteiger partial charge on any atom is -0.497 e. The van der Waals surface area contributed by atoms with Gasteiger partial charge in [-0.3, -0.25) is 0 Å². The van der Waals surface area contributed by atoms with Crippen molar-refractivity contribution in [1.29, 1.82) is 0 Å². The predicted octanol–water partition coefficient (Wildman–Crippen LogP) is 2.95. The number of ether oxygens (including phenoxy) is 2. The first-order valence-electron chi connectivity index (χ1n) is 6.62. The first-order valence-corrected chi connectivity index (χ1v) is 6.62. The van der Waals surface area contributed by atoms with Gasteiger partial charge in [-0.05, 0) is 42.0 Å². The van der Waals surface area contributed by atoms with E-state index in [1.807, 2.05) is 24.3 Å². The van der Waals surface area contributed by atoms with E-state index in [9.17, 15) is 4.39 Å². The number of rotatable bonds is 6. The number of benzene rings is 2. The summed E-state index contributed by atoms with van der Waals surface area (Å²) in [5.74, 6) is 0.601. The van der Waals surface area contributed by atoms with E-state index >= 15 is 0 Å². The van der Waals surface area contributed by atoms with Crippen molar-refractivity contribution in [3.05, 3.63) is 53.8 Å². The highest BCUT2D eigenvalue weighted by atomic mass is 19.1. The Balaban J connectivity index is 2.16. The molecule has 0 aliphatic carbocycles. The molecule has 4 nitrogen and oxygen atoms in total. The minimum atomic E-state index is -0.398. The highest BCUT2D eigenvalue weighted by Crippen LogP contribution is 2.25. The van der Waals surface area contributed by atoms with Crippen molar-refractivity contribution in [2.45, 2.75) is 6.04 Å². The number of methoxy groups -OCH3 is 2. The standard InChI is InChI=1S/C16H19FN2O2/c1-20-13-6-4-12(5-7-13)19-15(10-18)11-3-8-16(21-2)14(17)9-11/h3-9,15,19H,10,18H2,1-2H3. The first kappa shape index (κ1) is 15.1. The van der Waals surface area contributed by atoms with Crippen LogP contribution in [0.3, 0.4) is 0 Å². The maximum Gasteiger partial charge on any atom is 0.165 e. The van der Waals surface area contributed by atoms with Crippen molar-refractivity contribution in [1.82, 2.24) is 0 Å². The maximum atomic E-state index is 13.8. The van der Waals surface area contributed by atoms with Gasteiger partial charge in [-0.2, -0.15) is 0 Å². The molecule has 0 aliphatic heterocycles. The fourth-order valence-electron chi connectivity index (χ4n) is 2.07. The Hall–Kier alpha value is -2.27. The Labute approximate surface area is 123 Å². The smallest absolute Gasteiger partial charge is 0.165 e. The second kappa shape index (κ2) is 6.95. The molecule has 112 valence electrons. The Morgan fingerprint density at radius 2 is 1.81 bits per heavy atom. The van der Waals surface area contributed by atoms with E-state index < -0.39 is 5.82 Å². The number of hydrogen-bond donors (Lipinski definition) is 2. The van der Waals surface area contributed by atoms with Gasteiger partial charge < -0.3 is 20.5 Å². The van der Waals surface area contributed by atoms with E-state index in [0.29, 0.717) is 6.54 Å². The summed E-state index contributed by atoms with van der Waals surface area (Å²) in [6.45, 7) is 0.345. The molecule has 0 fully saturated rings. The molecule has 1 atom stereocenters. The number of hydrogen-bond acceptors (Lipinski definition) is 4. The SMILES string of the molecule is COc1ccc(NC(CN)c2ccc(OC)c(F)c2)cc1. The van der Waals surface area contributed by atoms with Gasteiger partial charge >= 0.3 is 0 Å². The van der Waals surface area contributed by atoms with E-state index in [2.05, 4.69) is 5.32 Å². The molecule has 2 rings (SSSR count). The van der Waals surface area contributed by atoms with Crippen molar-refractivity contribution in [2.75, 3.05) is 26.1 Å². The molecular formula is C16H19FN2O2. The Morgan fingerprint density at radius 3 is 2.33 bits per heavy atom. The zero-order valence-electron chi connectivity index (χ0n) is 12.1. The summed E-state index contributed by atoms with van der Waals surface area (Å²) in [7, 11) is 3.05. The molecule has 0 amide bonds. The number of halogens is 1. The zero-order valence-corrected chi connectivity index (χ0v) is 12.1. The largest absolute Gasteiger partial charge is 0.497 e. The van der Waals surface area contributed by atoms with Crippen molar-refractivity contribution in [3.8, 4) is 11.5 Å². The molecule has 0 spiro atoms. The average molecular weight is 290 g/mol. The van der Waals surface area contributed by atoms with Crippen LogP contribution in [-0.2, 0) is 0 Å². The number of nitrogens with one attached hydrogen (secondary N) is 1. The molecule has 0 radical (unpaired) electrons. The van der Waals surface area contributed by atoms with Crippen molar-refractivity contribution >= 4 is 5.69 Å². The summed E-state index contributed by atoms with van der Waals surface area (Å²) in [6.07, 6.45) is 0. The third-order valence-electron chi connectivity index (χ3n) is 3.24. The van der Waals surface area contributed by atoms with Crippen LogP contribution in [0.25, 0.3) is 0 Å². The van der Waals surface area contributed by atoms with Crippen LogP contribution >= 0.6 is 0 Å². The summed E-state index contributed by atoms with van der Waals surface area (Å²) in [6, 6.07) is 12.1. The second-order valence-electron chi connectivity index (χ2n) is 4.56. The van der Waals surface area contributed by atoms with Crippen LogP contribution in [0.2, 0.25) is 0 Å². The van der Waals surface area contributed by atoms with Crippen LogP contribution in [0.5, 0.6) is 11.5 Å². The van der Waals surface area contributed by atoms with Crippen LogP contribution in [0.1, 0.15) is 11.6 Å². The highest BCUT2D eigenvalue weighted by molar-refractivity contribution is 5.48. The molecule has 3 N–H and O–H groups in total. The molecule has 2 aromatic carbocycles. The molecule has 0 aromatic heterocycles. The Kier molecular flexibility index (Phi) is 5.00. The lowest BCUT2D eigenvalue weighted by Gasteiger charge is -2.19. The van der Waals surface area contributed by atoms with Gasteiger partial charge in [0, 0.05) is 12.2 Å². The summed E-state index contributed by atoms with van der Waals surface area (Å²) in [5, 5.41) is 3.27. The number of nitrogens with two attached hydrogens (primary N) is 1. The molecule has 0 bridgehead atoms. The maximum absolute atomic E-state index is 13.8. The lowest BCUT2D eigenvalue weighted by molar-refractivity contribution is 0.386. The van der Waals surface area contributed by atoms with Gasteiger partial charge in [0.05, 0.1) is 20.3 Å². The summed E-state index contributed by atoms with van der Waals surface area (Å²) in [5.41, 5.74) is 7.45. The molecule has 21 heavy (non-hydrogen) atoms. The lowest BCUT2D eigenvalue weighted by Crippen LogP contribution is -2.20. The first-order chi connectivity index (χ1) is 10.2. The third kappa shape index (κ3) is 3.64. The molecule has 0 aliphatic rings. The quantitative estimate of drug-likeness (QED) is 0.859. The van der Waals surface area contributed by atoms with Gasteiger partial charge in [0.25, 0.3) is 0 Å². The van der Waals surface area contributed by atoms with Crippen LogP contribution in [-0.4, -0.2) is 20.8 Å². The second-order valence-corrected chi connectivity index (χ2v) is 4.56. The zero-order chi connectivity index (χ0) is 15.2. The summed E-state index contributed by atoms with van der Waals surface area (Å²) in [4.78, 5) is 0. The summed E-state index contributed by atoms with van der Waals surface area (Å²) >= 11 is 0. The molecule has 0 saturated carbocycles. The van der Waals surface area contributed by atoms with E-state index in [4.69, 9.17) is 15.2 Å². The van der Waals surface area contributed by atoms with Crippen LogP contribution in [0.4, 0.5) is 10.1 Å². The van der Waals surface area contributed by atoms with E-state index in [1.165, 1.54) is 13.2 Å². The molecule has 0 heterocycles. The fraction of sp³-hybridized carbons (Fsp3) is 0.250. The van der Waals surface area contributed by atoms with Gasteiger partial charge in [-0.15, -0.1) is 0 Å². The van der Waals surface area contributed by atoms with Gasteiger partial charge in [0.1, 0.15) is 5.75 Å². The average Bonchev–Trinajstić information content (AvgIpc) is 2.53. The van der Waals surface area contributed by atoms with Gasteiger partial charge in [-0.1, -0.05) is 6.07 Å². The topological polar surface area (TPSA) is 56.5 Å².